The normalized spacial score (nSPS) is 12.2. The van der Waals surface area contributed by atoms with Gasteiger partial charge in [-0.15, -0.1) is 0 Å². The van der Waals surface area contributed by atoms with E-state index in [4.69, 9.17) is 14.2 Å². The largest absolute Gasteiger partial charge is 0.462 e. The topological polar surface area (TPSA) is 78.9 Å². The summed E-state index contributed by atoms with van der Waals surface area (Å²) in [7, 11) is 0. The van der Waals surface area contributed by atoms with Gasteiger partial charge in [0, 0.05) is 19.3 Å². The van der Waals surface area contributed by atoms with Crippen LogP contribution in [0.2, 0.25) is 0 Å². The third-order valence-corrected chi connectivity index (χ3v) is 12.9. The molecule has 0 heterocycles. The average molecular weight is 928 g/mol. The summed E-state index contributed by atoms with van der Waals surface area (Å²) < 4.78 is 16.9. The Bertz CT molecular complexity index is 1110. The van der Waals surface area contributed by atoms with Gasteiger partial charge in [-0.3, -0.25) is 14.4 Å². The van der Waals surface area contributed by atoms with Crippen molar-refractivity contribution < 1.29 is 28.6 Å². The van der Waals surface area contributed by atoms with Crippen LogP contribution in [0.5, 0.6) is 0 Å². The Hall–Kier alpha value is -2.37. The van der Waals surface area contributed by atoms with Gasteiger partial charge in [0.2, 0.25) is 0 Å². The van der Waals surface area contributed by atoms with E-state index in [1.54, 1.807) is 0 Å². The van der Waals surface area contributed by atoms with Gasteiger partial charge in [0.25, 0.3) is 0 Å². The number of rotatable bonds is 53. The van der Waals surface area contributed by atoms with E-state index >= 15 is 0 Å². The molecule has 0 unspecified atom stereocenters. The molecule has 0 spiro atoms. The first kappa shape index (κ1) is 63.6. The molecule has 1 atom stereocenters. The lowest BCUT2D eigenvalue weighted by Gasteiger charge is -2.18. The van der Waals surface area contributed by atoms with Gasteiger partial charge in [0.15, 0.2) is 6.10 Å². The van der Waals surface area contributed by atoms with Crippen molar-refractivity contribution in [3.05, 3.63) is 36.5 Å². The second kappa shape index (κ2) is 55.2. The molecule has 0 bridgehead atoms. The highest BCUT2D eigenvalue weighted by Crippen LogP contribution is 2.17. The van der Waals surface area contributed by atoms with Gasteiger partial charge in [-0.05, 0) is 57.8 Å². The van der Waals surface area contributed by atoms with E-state index in [0.717, 1.165) is 83.5 Å². The van der Waals surface area contributed by atoms with Crippen LogP contribution in [0.25, 0.3) is 0 Å². The molecule has 0 aromatic heterocycles. The van der Waals surface area contributed by atoms with E-state index in [1.165, 1.54) is 186 Å². The SMILES string of the molecule is CCCCC/C=C\C/C=C\C/C=C\CCCCCCC(=O)OC[C@H](COC(=O)CCCCCCCCCCCCCC)OC(=O)CCCCCCCCCCCCCCCCCCCCC. The fraction of sp³-hybridized carbons (Fsp3) is 0.850. The molecule has 6 heteroatoms. The molecule has 0 saturated heterocycles. The zero-order valence-corrected chi connectivity index (χ0v) is 44.2. The van der Waals surface area contributed by atoms with Crippen LogP contribution in [0.1, 0.15) is 310 Å². The number of carbonyl (C=O) groups excluding carboxylic acids is 3. The molecule has 386 valence electrons. The molecule has 66 heavy (non-hydrogen) atoms. The molecule has 0 N–H and O–H groups in total. The van der Waals surface area contributed by atoms with E-state index < -0.39 is 6.10 Å². The fourth-order valence-corrected chi connectivity index (χ4v) is 8.51. The molecule has 0 amide bonds. The number of unbranched alkanes of at least 4 members (excludes halogenated alkanes) is 36. The maximum atomic E-state index is 12.9. The maximum absolute atomic E-state index is 12.9. The summed E-state index contributed by atoms with van der Waals surface area (Å²) >= 11 is 0. The van der Waals surface area contributed by atoms with Crippen molar-refractivity contribution in [3.63, 3.8) is 0 Å². The van der Waals surface area contributed by atoms with Crippen molar-refractivity contribution in [1.82, 2.24) is 0 Å². The van der Waals surface area contributed by atoms with Crippen molar-refractivity contribution in [2.24, 2.45) is 0 Å². The van der Waals surface area contributed by atoms with Gasteiger partial charge in [-0.2, -0.15) is 0 Å². The highest BCUT2D eigenvalue weighted by Gasteiger charge is 2.19. The van der Waals surface area contributed by atoms with E-state index in [1.807, 2.05) is 0 Å². The fourth-order valence-electron chi connectivity index (χ4n) is 8.51. The summed E-state index contributed by atoms with van der Waals surface area (Å²) in [5.74, 6) is -0.879. The summed E-state index contributed by atoms with van der Waals surface area (Å²) in [4.78, 5) is 38.1. The number of allylic oxidation sites excluding steroid dienone is 6. The summed E-state index contributed by atoms with van der Waals surface area (Å²) in [5.41, 5.74) is 0. The van der Waals surface area contributed by atoms with Crippen molar-refractivity contribution in [3.8, 4) is 0 Å². The average Bonchev–Trinajstić information content (AvgIpc) is 3.31. The van der Waals surface area contributed by atoms with Crippen LogP contribution in [0.15, 0.2) is 36.5 Å². The molecular weight excluding hydrogens is 817 g/mol. The first-order valence-corrected chi connectivity index (χ1v) is 29.0. The molecule has 0 rings (SSSR count). The molecule has 0 aliphatic rings. The van der Waals surface area contributed by atoms with E-state index in [9.17, 15) is 14.4 Å². The molecule has 0 fully saturated rings. The van der Waals surface area contributed by atoms with Gasteiger partial charge in [0.1, 0.15) is 13.2 Å². The van der Waals surface area contributed by atoms with E-state index in [2.05, 4.69) is 57.2 Å². The van der Waals surface area contributed by atoms with Crippen LogP contribution in [0, 0.1) is 0 Å². The van der Waals surface area contributed by atoms with Crippen LogP contribution < -0.4 is 0 Å². The minimum Gasteiger partial charge on any atom is -0.462 e. The molecule has 0 aromatic rings. The minimum atomic E-state index is -0.777. The van der Waals surface area contributed by atoms with Crippen molar-refractivity contribution in [2.75, 3.05) is 13.2 Å². The number of hydrogen-bond acceptors (Lipinski definition) is 6. The summed E-state index contributed by atoms with van der Waals surface area (Å²) in [6, 6.07) is 0. The summed E-state index contributed by atoms with van der Waals surface area (Å²) in [6.07, 6.45) is 65.6. The molecule has 0 aliphatic heterocycles. The Labute approximate surface area is 410 Å². The zero-order chi connectivity index (χ0) is 47.9. The zero-order valence-electron chi connectivity index (χ0n) is 44.2. The third kappa shape index (κ3) is 52.6. The summed E-state index contributed by atoms with van der Waals surface area (Å²) in [5, 5.41) is 0. The van der Waals surface area contributed by atoms with Crippen LogP contribution >= 0.6 is 0 Å². The van der Waals surface area contributed by atoms with E-state index in [-0.39, 0.29) is 31.1 Å². The number of carbonyl (C=O) groups is 3. The molecule has 0 aliphatic carbocycles. The van der Waals surface area contributed by atoms with Gasteiger partial charge in [0.05, 0.1) is 0 Å². The predicted octanol–water partition coefficient (Wildman–Crippen LogP) is 19.3. The Morgan fingerprint density at radius 2 is 0.545 bits per heavy atom. The summed E-state index contributed by atoms with van der Waals surface area (Å²) in [6.45, 7) is 6.63. The van der Waals surface area contributed by atoms with Crippen molar-refractivity contribution in [2.45, 2.75) is 316 Å². The number of esters is 3. The molecular formula is C60H110O6. The predicted molar refractivity (Wildman–Crippen MR) is 284 cm³/mol. The quantitative estimate of drug-likeness (QED) is 0.0262. The van der Waals surface area contributed by atoms with E-state index in [0.29, 0.717) is 19.3 Å². The van der Waals surface area contributed by atoms with Gasteiger partial charge in [-0.1, -0.05) is 269 Å². The number of ether oxygens (including phenoxy) is 3. The second-order valence-corrected chi connectivity index (χ2v) is 19.6. The highest BCUT2D eigenvalue weighted by molar-refractivity contribution is 5.71. The van der Waals surface area contributed by atoms with Crippen LogP contribution in [0.4, 0.5) is 0 Å². The van der Waals surface area contributed by atoms with Crippen molar-refractivity contribution >= 4 is 17.9 Å². The van der Waals surface area contributed by atoms with Crippen LogP contribution in [0.3, 0.4) is 0 Å². The monoisotopic (exact) mass is 927 g/mol. The maximum Gasteiger partial charge on any atom is 0.306 e. The van der Waals surface area contributed by atoms with Gasteiger partial charge in [-0.25, -0.2) is 0 Å². The Morgan fingerprint density at radius 1 is 0.303 bits per heavy atom. The smallest absolute Gasteiger partial charge is 0.306 e. The Balaban J connectivity index is 4.34. The molecule has 0 saturated carbocycles. The first-order chi connectivity index (χ1) is 32.5. The standard InChI is InChI=1S/C60H110O6/c1-4-7-10-13-16-19-22-25-27-29-30-32-34-36-39-42-45-48-51-54-60(63)66-57(55-64-58(61)52-49-46-43-40-37-24-21-18-15-12-9-6-3)56-65-59(62)53-50-47-44-41-38-35-33-31-28-26-23-20-17-14-11-8-5-2/h17,20,26,28,33,35,57H,4-16,18-19,21-25,27,29-32,34,36-56H2,1-3H3/b20-17-,28-26-,35-33-/t57-/m0/s1. The van der Waals surface area contributed by atoms with Crippen molar-refractivity contribution in [1.29, 1.82) is 0 Å². The third-order valence-electron chi connectivity index (χ3n) is 12.9. The molecule has 0 aromatic carbocycles. The second-order valence-electron chi connectivity index (χ2n) is 19.6. The van der Waals surface area contributed by atoms with Gasteiger partial charge < -0.3 is 14.2 Å². The lowest BCUT2D eigenvalue weighted by molar-refractivity contribution is -0.167. The van der Waals surface area contributed by atoms with Gasteiger partial charge >= 0.3 is 17.9 Å². The lowest BCUT2D eigenvalue weighted by Crippen LogP contribution is -2.30. The highest BCUT2D eigenvalue weighted by atomic mass is 16.6. The van der Waals surface area contributed by atoms with Crippen LogP contribution in [-0.4, -0.2) is 37.2 Å². The molecule has 6 nitrogen and oxygen atoms in total. The number of hydrogen-bond donors (Lipinski definition) is 0. The Morgan fingerprint density at radius 3 is 0.879 bits per heavy atom. The van der Waals surface area contributed by atoms with Crippen LogP contribution in [-0.2, 0) is 28.6 Å². The first-order valence-electron chi connectivity index (χ1n) is 29.0. The lowest BCUT2D eigenvalue weighted by atomic mass is 10.0. The Kier molecular flexibility index (Phi) is 53.2. The minimum absolute atomic E-state index is 0.0746. The molecule has 0 radical (unpaired) electrons.